The van der Waals surface area contributed by atoms with Crippen molar-refractivity contribution in [1.82, 2.24) is 10.2 Å². The van der Waals surface area contributed by atoms with Crippen molar-refractivity contribution < 1.29 is 18.4 Å². The van der Waals surface area contributed by atoms with Crippen LogP contribution in [0.15, 0.2) is 45.6 Å². The number of hydrogen-bond donors (Lipinski definition) is 1. The molecule has 0 spiro atoms. The molecule has 2 aromatic heterocycles. The van der Waals surface area contributed by atoms with Crippen LogP contribution in [0.5, 0.6) is 0 Å². The summed E-state index contributed by atoms with van der Waals surface area (Å²) in [5, 5.41) is 2.30. The molecular weight excluding hydrogens is 304 g/mol. The monoisotopic (exact) mass is 320 g/mol. The van der Waals surface area contributed by atoms with Crippen LogP contribution >= 0.6 is 11.8 Å². The number of nitrogens with zero attached hydrogens (tertiary/aromatic N) is 1. The highest BCUT2D eigenvalue weighted by molar-refractivity contribution is 8.01. The molecule has 2 aromatic rings. The normalized spacial score (nSPS) is 21.3. The number of carbonyl (C=O) groups is 2. The van der Waals surface area contributed by atoms with Crippen molar-refractivity contribution in [3.8, 4) is 0 Å². The van der Waals surface area contributed by atoms with E-state index in [0.29, 0.717) is 18.1 Å². The fourth-order valence-electron chi connectivity index (χ4n) is 2.30. The van der Waals surface area contributed by atoms with Gasteiger partial charge in [-0.15, -0.1) is 11.8 Å². The molecule has 1 aliphatic heterocycles. The second kappa shape index (κ2) is 6.31. The second-order valence-corrected chi connectivity index (χ2v) is 6.39. The van der Waals surface area contributed by atoms with Crippen molar-refractivity contribution in [1.29, 1.82) is 0 Å². The van der Waals surface area contributed by atoms with Crippen LogP contribution in [0, 0.1) is 0 Å². The average Bonchev–Trinajstić information content (AvgIpc) is 3.23. The molecule has 3 rings (SSSR count). The molecule has 0 aromatic carbocycles. The number of nitrogens with one attached hydrogen (secondary N) is 1. The fourth-order valence-corrected chi connectivity index (χ4v) is 3.53. The van der Waals surface area contributed by atoms with Crippen molar-refractivity contribution in [2.24, 2.45) is 0 Å². The smallest absolute Gasteiger partial charge is 0.240 e. The van der Waals surface area contributed by atoms with Gasteiger partial charge >= 0.3 is 0 Å². The van der Waals surface area contributed by atoms with Crippen LogP contribution in [0.1, 0.15) is 23.8 Å². The average molecular weight is 320 g/mol. The predicted molar refractivity (Wildman–Crippen MR) is 80.8 cm³/mol. The fraction of sp³-hybridized carbons (Fsp3) is 0.333. The van der Waals surface area contributed by atoms with Crippen LogP contribution in [0.2, 0.25) is 0 Å². The number of hydrogen-bond acceptors (Lipinski definition) is 5. The minimum Gasteiger partial charge on any atom is -0.467 e. The highest BCUT2D eigenvalue weighted by Gasteiger charge is 2.40. The second-order valence-electron chi connectivity index (χ2n) is 4.97. The molecule has 1 N–H and O–H groups in total. The van der Waals surface area contributed by atoms with Crippen molar-refractivity contribution in [3.63, 3.8) is 0 Å². The molecule has 22 heavy (non-hydrogen) atoms. The summed E-state index contributed by atoms with van der Waals surface area (Å²) in [4.78, 5) is 25.9. The zero-order chi connectivity index (χ0) is 15.5. The summed E-state index contributed by atoms with van der Waals surface area (Å²) in [6.45, 7) is 2.15. The maximum Gasteiger partial charge on any atom is 0.240 e. The van der Waals surface area contributed by atoms with E-state index >= 15 is 0 Å². The molecule has 6 nitrogen and oxygen atoms in total. The van der Waals surface area contributed by atoms with E-state index in [1.165, 1.54) is 11.8 Å². The Morgan fingerprint density at radius 2 is 2.09 bits per heavy atom. The SMILES string of the molecule is C[C@@H]1S[C@H](c2ccco2)N(CC(=O)NCc2ccco2)C1=O. The molecule has 7 heteroatoms. The van der Waals surface area contributed by atoms with Crippen LogP contribution in [-0.4, -0.2) is 28.5 Å². The number of amides is 2. The molecule has 0 aliphatic carbocycles. The van der Waals surface area contributed by atoms with Gasteiger partial charge in [-0.05, 0) is 31.2 Å². The van der Waals surface area contributed by atoms with E-state index in [2.05, 4.69) is 5.32 Å². The Kier molecular flexibility index (Phi) is 4.24. The zero-order valence-electron chi connectivity index (χ0n) is 12.0. The number of rotatable bonds is 5. The lowest BCUT2D eigenvalue weighted by atomic mass is 10.3. The minimum absolute atomic E-state index is 0.00223. The van der Waals surface area contributed by atoms with E-state index in [1.54, 1.807) is 35.6 Å². The Balaban J connectivity index is 1.63. The van der Waals surface area contributed by atoms with Crippen LogP contribution in [0.4, 0.5) is 0 Å². The lowest BCUT2D eigenvalue weighted by Crippen LogP contribution is -2.39. The Morgan fingerprint density at radius 1 is 1.32 bits per heavy atom. The van der Waals surface area contributed by atoms with E-state index in [1.807, 2.05) is 13.0 Å². The first kappa shape index (κ1) is 14.8. The summed E-state index contributed by atoms with van der Waals surface area (Å²) in [6.07, 6.45) is 3.12. The van der Waals surface area contributed by atoms with Gasteiger partial charge in [0.15, 0.2) is 0 Å². The third-order valence-corrected chi connectivity index (χ3v) is 4.74. The van der Waals surface area contributed by atoms with E-state index in [0.717, 1.165) is 0 Å². The molecule has 116 valence electrons. The molecule has 2 atom stereocenters. The Labute approximate surface area is 131 Å². The van der Waals surface area contributed by atoms with Gasteiger partial charge in [0.25, 0.3) is 0 Å². The van der Waals surface area contributed by atoms with Crippen molar-refractivity contribution in [3.05, 3.63) is 48.3 Å². The summed E-state index contributed by atoms with van der Waals surface area (Å²) in [7, 11) is 0. The van der Waals surface area contributed by atoms with Gasteiger partial charge in [0.2, 0.25) is 11.8 Å². The van der Waals surface area contributed by atoms with Crippen LogP contribution < -0.4 is 5.32 Å². The first-order valence-electron chi connectivity index (χ1n) is 6.93. The molecule has 0 bridgehead atoms. The lowest BCUT2D eigenvalue weighted by molar-refractivity contribution is -0.135. The minimum atomic E-state index is -0.258. The van der Waals surface area contributed by atoms with Crippen LogP contribution in [0.3, 0.4) is 0 Å². The summed E-state index contributed by atoms with van der Waals surface area (Å²) in [5.74, 6) is 1.07. The van der Waals surface area contributed by atoms with Gasteiger partial charge in [-0.25, -0.2) is 0 Å². The lowest BCUT2D eigenvalue weighted by Gasteiger charge is -2.21. The van der Waals surface area contributed by atoms with Gasteiger partial charge in [0.05, 0.1) is 24.3 Å². The van der Waals surface area contributed by atoms with Crippen LogP contribution in [-0.2, 0) is 16.1 Å². The highest BCUT2D eigenvalue weighted by Crippen LogP contribution is 2.42. The standard InChI is InChI=1S/C15H16N2O4S/c1-10-14(19)17(15(22-10)12-5-3-7-21-12)9-13(18)16-8-11-4-2-6-20-11/h2-7,10,15H,8-9H2,1H3,(H,16,18)/t10-,15+/m0/s1. The molecular formula is C15H16N2O4S. The summed E-state index contributed by atoms with van der Waals surface area (Å²) < 4.78 is 10.5. The van der Waals surface area contributed by atoms with Crippen molar-refractivity contribution >= 4 is 23.6 Å². The third-order valence-electron chi connectivity index (χ3n) is 3.39. The molecule has 0 unspecified atom stereocenters. The summed E-state index contributed by atoms with van der Waals surface area (Å²) >= 11 is 1.48. The topological polar surface area (TPSA) is 75.7 Å². The molecule has 2 amide bonds. The number of carbonyl (C=O) groups excluding carboxylic acids is 2. The van der Waals surface area contributed by atoms with E-state index < -0.39 is 0 Å². The number of furan rings is 2. The molecule has 3 heterocycles. The first-order valence-corrected chi connectivity index (χ1v) is 7.88. The van der Waals surface area contributed by atoms with Gasteiger partial charge in [-0.1, -0.05) is 0 Å². The van der Waals surface area contributed by atoms with Gasteiger partial charge < -0.3 is 19.1 Å². The molecule has 0 radical (unpaired) electrons. The van der Waals surface area contributed by atoms with Gasteiger partial charge in [-0.3, -0.25) is 9.59 Å². The quantitative estimate of drug-likeness (QED) is 0.913. The molecule has 0 saturated carbocycles. The summed E-state index contributed by atoms with van der Waals surface area (Å²) in [6, 6.07) is 7.14. The maximum absolute atomic E-state index is 12.2. The van der Waals surface area contributed by atoms with E-state index in [4.69, 9.17) is 8.83 Å². The largest absolute Gasteiger partial charge is 0.467 e. The number of thioether (sulfide) groups is 1. The zero-order valence-corrected chi connectivity index (χ0v) is 12.8. The molecule has 1 saturated heterocycles. The first-order chi connectivity index (χ1) is 10.6. The Hall–Kier alpha value is -2.15. The molecule has 1 aliphatic rings. The van der Waals surface area contributed by atoms with Gasteiger partial charge in [0, 0.05) is 0 Å². The van der Waals surface area contributed by atoms with E-state index in [-0.39, 0.29) is 29.0 Å². The van der Waals surface area contributed by atoms with Gasteiger partial charge in [0.1, 0.15) is 23.4 Å². The van der Waals surface area contributed by atoms with Crippen LogP contribution in [0.25, 0.3) is 0 Å². The third kappa shape index (κ3) is 3.04. The molecule has 1 fully saturated rings. The maximum atomic E-state index is 12.2. The predicted octanol–water partition coefficient (Wildman–Crippen LogP) is 2.15. The van der Waals surface area contributed by atoms with Crippen molar-refractivity contribution in [2.75, 3.05) is 6.54 Å². The summed E-state index contributed by atoms with van der Waals surface area (Å²) in [5.41, 5.74) is 0. The Morgan fingerprint density at radius 3 is 2.77 bits per heavy atom. The van der Waals surface area contributed by atoms with Gasteiger partial charge in [-0.2, -0.15) is 0 Å². The van der Waals surface area contributed by atoms with Crippen molar-refractivity contribution in [2.45, 2.75) is 24.1 Å². The highest BCUT2D eigenvalue weighted by atomic mass is 32.2. The van der Waals surface area contributed by atoms with E-state index in [9.17, 15) is 9.59 Å². The Bertz CT molecular complexity index is 639.